The van der Waals surface area contributed by atoms with E-state index in [1.807, 2.05) is 97.1 Å². The van der Waals surface area contributed by atoms with Gasteiger partial charge in [-0.2, -0.15) is 0 Å². The lowest BCUT2D eigenvalue weighted by Crippen LogP contribution is -2.15. The number of amides is 1. The largest absolute Gasteiger partial charge is 0.320 e. The second-order valence-corrected chi connectivity index (χ2v) is 8.03. The van der Waals surface area contributed by atoms with Crippen molar-refractivity contribution in [1.29, 1.82) is 0 Å². The van der Waals surface area contributed by atoms with Crippen LogP contribution in [0, 0.1) is 0 Å². The van der Waals surface area contributed by atoms with Gasteiger partial charge < -0.3 is 5.32 Å². The standard InChI is InChI=1S/C28H19ClN4O/c29-21-17-26(20-11-5-2-6-12-20)30-27(18-21)28(34)31-24-14-8-7-13-22(24)25-16-15-23(32-33-25)19-9-3-1-4-10-19/h1-18H,(H,31,34). The van der Waals surface area contributed by atoms with E-state index in [4.69, 9.17) is 11.6 Å². The van der Waals surface area contributed by atoms with E-state index in [9.17, 15) is 4.79 Å². The first-order chi connectivity index (χ1) is 16.7. The van der Waals surface area contributed by atoms with Gasteiger partial charge in [-0.3, -0.25) is 4.79 Å². The van der Waals surface area contributed by atoms with Crippen molar-refractivity contribution in [3.05, 3.63) is 120 Å². The second-order valence-electron chi connectivity index (χ2n) is 7.59. The van der Waals surface area contributed by atoms with Crippen molar-refractivity contribution in [3.63, 3.8) is 0 Å². The van der Waals surface area contributed by atoms with Crippen LogP contribution in [0.15, 0.2) is 109 Å². The van der Waals surface area contributed by atoms with E-state index in [0.29, 0.717) is 22.1 Å². The molecule has 34 heavy (non-hydrogen) atoms. The van der Waals surface area contributed by atoms with Crippen molar-refractivity contribution in [2.24, 2.45) is 0 Å². The molecule has 2 aromatic heterocycles. The second kappa shape index (κ2) is 9.65. The molecule has 0 saturated carbocycles. The molecule has 0 aliphatic heterocycles. The third-order valence-corrected chi connectivity index (χ3v) is 5.50. The highest BCUT2D eigenvalue weighted by atomic mass is 35.5. The zero-order valence-electron chi connectivity index (χ0n) is 18.0. The van der Waals surface area contributed by atoms with E-state index in [2.05, 4.69) is 20.5 Å². The van der Waals surface area contributed by atoms with Gasteiger partial charge in [-0.15, -0.1) is 10.2 Å². The van der Waals surface area contributed by atoms with Crippen molar-refractivity contribution >= 4 is 23.2 Å². The maximum absolute atomic E-state index is 13.1. The molecule has 5 rings (SSSR count). The predicted octanol–water partition coefficient (Wildman–Crippen LogP) is 6.78. The maximum atomic E-state index is 13.1. The summed E-state index contributed by atoms with van der Waals surface area (Å²) in [6, 6.07) is 34.0. The Morgan fingerprint density at radius 3 is 1.91 bits per heavy atom. The first-order valence-electron chi connectivity index (χ1n) is 10.7. The summed E-state index contributed by atoms with van der Waals surface area (Å²) in [7, 11) is 0. The summed E-state index contributed by atoms with van der Waals surface area (Å²) >= 11 is 6.30. The van der Waals surface area contributed by atoms with Crippen LogP contribution in [0.4, 0.5) is 5.69 Å². The number of hydrogen-bond donors (Lipinski definition) is 1. The Labute approximate surface area is 202 Å². The number of rotatable bonds is 5. The van der Waals surface area contributed by atoms with Gasteiger partial charge in [0.1, 0.15) is 5.69 Å². The van der Waals surface area contributed by atoms with Gasteiger partial charge in [0.15, 0.2) is 0 Å². The molecule has 2 heterocycles. The van der Waals surface area contributed by atoms with Gasteiger partial charge in [-0.25, -0.2) is 4.98 Å². The first-order valence-corrected chi connectivity index (χ1v) is 11.1. The fourth-order valence-electron chi connectivity index (χ4n) is 3.61. The molecule has 0 spiro atoms. The third kappa shape index (κ3) is 4.70. The topological polar surface area (TPSA) is 67.8 Å². The van der Waals surface area contributed by atoms with Crippen LogP contribution in [0.25, 0.3) is 33.8 Å². The van der Waals surface area contributed by atoms with Crippen LogP contribution in [-0.4, -0.2) is 21.1 Å². The minimum atomic E-state index is -0.360. The van der Waals surface area contributed by atoms with Crippen LogP contribution in [0.2, 0.25) is 5.02 Å². The summed E-state index contributed by atoms with van der Waals surface area (Å²) in [5.74, 6) is -0.360. The zero-order chi connectivity index (χ0) is 23.3. The van der Waals surface area contributed by atoms with Crippen molar-refractivity contribution < 1.29 is 4.79 Å². The fraction of sp³-hybridized carbons (Fsp3) is 0. The highest BCUT2D eigenvalue weighted by Crippen LogP contribution is 2.28. The molecule has 0 fully saturated rings. The number of nitrogens with zero attached hydrogens (tertiary/aromatic N) is 3. The van der Waals surface area contributed by atoms with Gasteiger partial charge in [0.05, 0.1) is 22.8 Å². The molecule has 0 radical (unpaired) electrons. The molecular weight excluding hydrogens is 444 g/mol. The Bertz CT molecular complexity index is 1440. The summed E-state index contributed by atoms with van der Waals surface area (Å²) < 4.78 is 0. The summed E-state index contributed by atoms with van der Waals surface area (Å²) in [6.07, 6.45) is 0. The summed E-state index contributed by atoms with van der Waals surface area (Å²) in [5, 5.41) is 12.2. The van der Waals surface area contributed by atoms with Crippen molar-refractivity contribution in [2.75, 3.05) is 5.32 Å². The summed E-state index contributed by atoms with van der Waals surface area (Å²) in [5.41, 5.74) is 5.53. The number of para-hydroxylation sites is 1. The number of anilines is 1. The lowest BCUT2D eigenvalue weighted by Gasteiger charge is -2.11. The Morgan fingerprint density at radius 1 is 0.647 bits per heavy atom. The van der Waals surface area contributed by atoms with Gasteiger partial charge in [0.2, 0.25) is 0 Å². The highest BCUT2D eigenvalue weighted by molar-refractivity contribution is 6.31. The average Bonchev–Trinajstić information content (AvgIpc) is 2.90. The van der Waals surface area contributed by atoms with Gasteiger partial charge in [0.25, 0.3) is 5.91 Å². The third-order valence-electron chi connectivity index (χ3n) is 5.28. The summed E-state index contributed by atoms with van der Waals surface area (Å²) in [6.45, 7) is 0. The molecule has 0 aliphatic rings. The minimum Gasteiger partial charge on any atom is -0.320 e. The summed E-state index contributed by atoms with van der Waals surface area (Å²) in [4.78, 5) is 17.6. The Balaban J connectivity index is 1.42. The smallest absolute Gasteiger partial charge is 0.274 e. The van der Waals surface area contributed by atoms with Crippen molar-refractivity contribution in [3.8, 4) is 33.8 Å². The van der Waals surface area contributed by atoms with Crippen LogP contribution in [0.1, 0.15) is 10.5 Å². The van der Waals surface area contributed by atoms with Gasteiger partial charge in [0, 0.05) is 21.7 Å². The molecule has 1 N–H and O–H groups in total. The number of nitrogens with one attached hydrogen (secondary N) is 1. The first kappa shape index (κ1) is 21.5. The molecule has 0 bridgehead atoms. The van der Waals surface area contributed by atoms with E-state index in [1.54, 1.807) is 12.1 Å². The molecule has 5 nitrogen and oxygen atoms in total. The van der Waals surface area contributed by atoms with Gasteiger partial charge in [-0.1, -0.05) is 90.5 Å². The molecule has 3 aromatic carbocycles. The fourth-order valence-corrected chi connectivity index (χ4v) is 3.82. The highest BCUT2D eigenvalue weighted by Gasteiger charge is 2.15. The number of pyridine rings is 1. The number of halogens is 1. The minimum absolute atomic E-state index is 0.228. The monoisotopic (exact) mass is 462 g/mol. The molecule has 0 saturated heterocycles. The number of carbonyl (C=O) groups excluding carboxylic acids is 1. The molecule has 6 heteroatoms. The zero-order valence-corrected chi connectivity index (χ0v) is 18.8. The number of hydrogen-bond acceptors (Lipinski definition) is 4. The van der Waals surface area contributed by atoms with E-state index in [1.165, 1.54) is 0 Å². The van der Waals surface area contributed by atoms with E-state index >= 15 is 0 Å². The number of carbonyl (C=O) groups is 1. The van der Waals surface area contributed by atoms with Crippen molar-refractivity contribution in [1.82, 2.24) is 15.2 Å². The van der Waals surface area contributed by atoms with E-state index in [-0.39, 0.29) is 11.6 Å². The molecular formula is C28H19ClN4O. The number of aromatic nitrogens is 3. The molecule has 0 atom stereocenters. The normalized spacial score (nSPS) is 10.6. The van der Waals surface area contributed by atoms with Crippen LogP contribution >= 0.6 is 11.6 Å². The SMILES string of the molecule is O=C(Nc1ccccc1-c1ccc(-c2ccccc2)nn1)c1cc(Cl)cc(-c2ccccc2)n1. The van der Waals surface area contributed by atoms with Crippen LogP contribution in [-0.2, 0) is 0 Å². The van der Waals surface area contributed by atoms with Gasteiger partial charge in [-0.05, 0) is 30.3 Å². The van der Waals surface area contributed by atoms with Crippen LogP contribution < -0.4 is 5.32 Å². The lowest BCUT2D eigenvalue weighted by atomic mass is 10.1. The molecule has 0 unspecified atom stereocenters. The van der Waals surface area contributed by atoms with Gasteiger partial charge >= 0.3 is 0 Å². The van der Waals surface area contributed by atoms with Crippen LogP contribution in [0.3, 0.4) is 0 Å². The Hall–Kier alpha value is -4.35. The van der Waals surface area contributed by atoms with E-state index in [0.717, 1.165) is 22.4 Å². The predicted molar refractivity (Wildman–Crippen MR) is 136 cm³/mol. The average molecular weight is 463 g/mol. The van der Waals surface area contributed by atoms with Crippen molar-refractivity contribution in [2.45, 2.75) is 0 Å². The Morgan fingerprint density at radius 2 is 1.24 bits per heavy atom. The Kier molecular flexibility index (Phi) is 6.10. The number of benzene rings is 3. The van der Waals surface area contributed by atoms with Crippen LogP contribution in [0.5, 0.6) is 0 Å². The molecule has 0 aliphatic carbocycles. The quantitative estimate of drug-likeness (QED) is 0.312. The molecule has 164 valence electrons. The maximum Gasteiger partial charge on any atom is 0.274 e. The van der Waals surface area contributed by atoms with E-state index < -0.39 is 0 Å². The molecule has 5 aromatic rings. The lowest BCUT2D eigenvalue weighted by molar-refractivity contribution is 0.102. The molecule has 1 amide bonds.